The van der Waals surface area contributed by atoms with Gasteiger partial charge in [0.15, 0.2) is 6.39 Å². The van der Waals surface area contributed by atoms with Gasteiger partial charge < -0.3 is 9.32 Å². The van der Waals surface area contributed by atoms with E-state index in [1.54, 1.807) is 0 Å². The molecule has 1 aromatic heterocycles. The highest BCUT2D eigenvalue weighted by atomic mass is 16.3. The minimum absolute atomic E-state index is 0.132. The van der Waals surface area contributed by atoms with E-state index in [4.69, 9.17) is 4.42 Å². The van der Waals surface area contributed by atoms with Crippen LogP contribution in [0.3, 0.4) is 0 Å². The van der Waals surface area contributed by atoms with Gasteiger partial charge in [-0.3, -0.25) is 4.79 Å². The average molecular weight is 210 g/mol. The third-order valence-electron chi connectivity index (χ3n) is 2.16. The predicted octanol–water partition coefficient (Wildman–Crippen LogP) is 1.87. The molecule has 84 valence electrons. The van der Waals surface area contributed by atoms with Crippen molar-refractivity contribution in [3.63, 3.8) is 0 Å². The Hall–Kier alpha value is -1.32. The van der Waals surface area contributed by atoms with E-state index < -0.39 is 0 Å². The van der Waals surface area contributed by atoms with Gasteiger partial charge in [-0.05, 0) is 12.8 Å². The van der Waals surface area contributed by atoms with Crippen LogP contribution in [0, 0.1) is 0 Å². The summed E-state index contributed by atoms with van der Waals surface area (Å²) in [4.78, 5) is 17.7. The molecule has 0 aliphatic carbocycles. The van der Waals surface area contributed by atoms with Gasteiger partial charge in [-0.15, -0.1) is 0 Å². The summed E-state index contributed by atoms with van der Waals surface area (Å²) < 4.78 is 4.83. The monoisotopic (exact) mass is 210 g/mol. The minimum Gasteiger partial charge on any atom is -0.451 e. The highest BCUT2D eigenvalue weighted by Gasteiger charge is 2.13. The number of rotatable bonds is 6. The zero-order chi connectivity index (χ0) is 11.1. The number of hydrogen-bond acceptors (Lipinski definition) is 3. The molecule has 0 aromatic carbocycles. The molecule has 0 atom stereocenters. The third-order valence-corrected chi connectivity index (χ3v) is 2.16. The van der Waals surface area contributed by atoms with Crippen molar-refractivity contribution in [2.24, 2.45) is 0 Å². The van der Waals surface area contributed by atoms with Crippen LogP contribution < -0.4 is 0 Å². The van der Waals surface area contributed by atoms with E-state index >= 15 is 0 Å². The van der Waals surface area contributed by atoms with Crippen molar-refractivity contribution < 1.29 is 9.21 Å². The van der Waals surface area contributed by atoms with E-state index in [1.165, 1.54) is 12.7 Å². The summed E-state index contributed by atoms with van der Waals surface area (Å²) in [6, 6.07) is 0. The Morgan fingerprint density at radius 1 is 1.40 bits per heavy atom. The molecule has 0 fully saturated rings. The van der Waals surface area contributed by atoms with Crippen LogP contribution in [0.2, 0.25) is 0 Å². The van der Waals surface area contributed by atoms with Gasteiger partial charge in [-0.25, -0.2) is 4.98 Å². The van der Waals surface area contributed by atoms with Crippen molar-refractivity contribution in [2.45, 2.75) is 33.1 Å². The molecule has 1 aromatic rings. The lowest BCUT2D eigenvalue weighted by molar-refractivity contribution is -0.130. The Kier molecular flexibility index (Phi) is 4.87. The van der Waals surface area contributed by atoms with Gasteiger partial charge in [0, 0.05) is 13.1 Å². The molecular formula is C11H18N2O2. The van der Waals surface area contributed by atoms with Crippen LogP contribution in [-0.4, -0.2) is 28.9 Å². The van der Waals surface area contributed by atoms with Crippen molar-refractivity contribution in [3.8, 4) is 0 Å². The Labute approximate surface area is 90.3 Å². The fourth-order valence-electron chi connectivity index (χ4n) is 1.49. The van der Waals surface area contributed by atoms with Gasteiger partial charge in [0.1, 0.15) is 6.26 Å². The normalized spacial score (nSPS) is 10.3. The molecule has 0 aliphatic rings. The van der Waals surface area contributed by atoms with Crippen molar-refractivity contribution in [2.75, 3.05) is 13.1 Å². The summed E-state index contributed by atoms with van der Waals surface area (Å²) in [5.41, 5.74) is 0.706. The lowest BCUT2D eigenvalue weighted by Gasteiger charge is -2.20. The molecule has 4 heteroatoms. The lowest BCUT2D eigenvalue weighted by Crippen LogP contribution is -2.33. The van der Waals surface area contributed by atoms with E-state index in [2.05, 4.69) is 18.8 Å². The molecule has 15 heavy (non-hydrogen) atoms. The van der Waals surface area contributed by atoms with Gasteiger partial charge in [0.2, 0.25) is 5.91 Å². The number of hydrogen-bond donors (Lipinski definition) is 0. The predicted molar refractivity (Wildman–Crippen MR) is 57.4 cm³/mol. The average Bonchev–Trinajstić information content (AvgIpc) is 2.70. The highest BCUT2D eigenvalue weighted by Crippen LogP contribution is 2.02. The smallest absolute Gasteiger partial charge is 0.228 e. The molecular weight excluding hydrogens is 192 g/mol. The van der Waals surface area contributed by atoms with Crippen molar-refractivity contribution in [1.29, 1.82) is 0 Å². The molecule has 0 saturated carbocycles. The first-order valence-electron chi connectivity index (χ1n) is 5.42. The fourth-order valence-corrected chi connectivity index (χ4v) is 1.49. The fraction of sp³-hybridized carbons (Fsp3) is 0.636. The van der Waals surface area contributed by atoms with Crippen LogP contribution in [-0.2, 0) is 11.2 Å². The molecule has 0 radical (unpaired) electrons. The summed E-state index contributed by atoms with van der Waals surface area (Å²) in [5, 5.41) is 0. The number of nitrogens with zero attached hydrogens (tertiary/aromatic N) is 2. The molecule has 0 bridgehead atoms. The number of aromatic nitrogens is 1. The van der Waals surface area contributed by atoms with Crippen LogP contribution in [0.5, 0.6) is 0 Å². The Balaban J connectivity index is 2.48. The number of carbonyl (C=O) groups excluding carboxylic acids is 1. The maximum absolute atomic E-state index is 11.8. The van der Waals surface area contributed by atoms with Crippen molar-refractivity contribution in [3.05, 3.63) is 18.4 Å². The Bertz CT molecular complexity index is 277. The standard InChI is InChI=1S/C11H18N2O2/c1-3-5-13(6-4-2)11(14)7-10-8-15-9-12-10/h8-9H,3-7H2,1-2H3. The van der Waals surface area contributed by atoms with E-state index in [9.17, 15) is 4.79 Å². The Morgan fingerprint density at radius 2 is 2.07 bits per heavy atom. The molecule has 1 amide bonds. The maximum atomic E-state index is 11.8. The summed E-state index contributed by atoms with van der Waals surface area (Å²) >= 11 is 0. The number of amides is 1. The molecule has 0 spiro atoms. The molecule has 0 N–H and O–H groups in total. The first kappa shape index (κ1) is 11.8. The number of carbonyl (C=O) groups is 1. The second-order valence-electron chi connectivity index (χ2n) is 3.54. The highest BCUT2D eigenvalue weighted by molar-refractivity contribution is 5.78. The first-order valence-corrected chi connectivity index (χ1v) is 5.42. The van der Waals surface area contributed by atoms with Gasteiger partial charge in [0.25, 0.3) is 0 Å². The number of oxazole rings is 1. The quantitative estimate of drug-likeness (QED) is 0.720. The Morgan fingerprint density at radius 3 is 2.53 bits per heavy atom. The topological polar surface area (TPSA) is 46.3 Å². The summed E-state index contributed by atoms with van der Waals surface area (Å²) in [7, 11) is 0. The van der Waals surface area contributed by atoms with Crippen molar-refractivity contribution in [1.82, 2.24) is 9.88 Å². The van der Waals surface area contributed by atoms with Crippen LogP contribution in [0.15, 0.2) is 17.1 Å². The van der Waals surface area contributed by atoms with Crippen LogP contribution >= 0.6 is 0 Å². The summed E-state index contributed by atoms with van der Waals surface area (Å²) in [6.45, 7) is 5.80. The summed E-state index contributed by atoms with van der Waals surface area (Å²) in [5.74, 6) is 0.132. The largest absolute Gasteiger partial charge is 0.451 e. The molecule has 1 heterocycles. The van der Waals surface area contributed by atoms with E-state index in [1.807, 2.05) is 4.90 Å². The van der Waals surface area contributed by atoms with Gasteiger partial charge >= 0.3 is 0 Å². The first-order chi connectivity index (χ1) is 7.27. The molecule has 0 unspecified atom stereocenters. The zero-order valence-corrected chi connectivity index (χ0v) is 9.40. The van der Waals surface area contributed by atoms with Gasteiger partial charge in [-0.1, -0.05) is 13.8 Å². The molecule has 1 rings (SSSR count). The maximum Gasteiger partial charge on any atom is 0.228 e. The van der Waals surface area contributed by atoms with Gasteiger partial charge in [-0.2, -0.15) is 0 Å². The van der Waals surface area contributed by atoms with E-state index in [-0.39, 0.29) is 5.91 Å². The second-order valence-corrected chi connectivity index (χ2v) is 3.54. The van der Waals surface area contributed by atoms with Crippen molar-refractivity contribution >= 4 is 5.91 Å². The van der Waals surface area contributed by atoms with Crippen LogP contribution in [0.4, 0.5) is 0 Å². The summed E-state index contributed by atoms with van der Waals surface area (Å²) in [6.07, 6.45) is 5.20. The van der Waals surface area contributed by atoms with Crippen LogP contribution in [0.25, 0.3) is 0 Å². The van der Waals surface area contributed by atoms with E-state index in [0.29, 0.717) is 12.1 Å². The lowest BCUT2D eigenvalue weighted by atomic mass is 10.2. The third kappa shape index (κ3) is 3.73. The molecule has 0 aliphatic heterocycles. The second kappa shape index (κ2) is 6.22. The zero-order valence-electron chi connectivity index (χ0n) is 9.40. The minimum atomic E-state index is 0.132. The van der Waals surface area contributed by atoms with Crippen LogP contribution in [0.1, 0.15) is 32.4 Å². The van der Waals surface area contributed by atoms with Gasteiger partial charge in [0.05, 0.1) is 12.1 Å². The molecule has 0 saturated heterocycles. The molecule has 4 nitrogen and oxygen atoms in total. The van der Waals surface area contributed by atoms with E-state index in [0.717, 1.165) is 25.9 Å². The SMILES string of the molecule is CCCN(CCC)C(=O)Cc1cocn1.